The van der Waals surface area contributed by atoms with Crippen molar-refractivity contribution in [2.24, 2.45) is 0 Å². The number of halogens is 1. The van der Waals surface area contributed by atoms with Crippen molar-refractivity contribution in [1.82, 2.24) is 5.32 Å². The molecular weight excluding hydrogens is 295 g/mol. The van der Waals surface area contributed by atoms with Crippen molar-refractivity contribution in [2.45, 2.75) is 13.8 Å². The number of carbonyl (C=O) groups is 2. The topological polar surface area (TPSA) is 49.4 Å². The molecular formula is C18H19FN2O2. The maximum absolute atomic E-state index is 13.3. The second kappa shape index (κ2) is 7.54. The molecule has 0 saturated carbocycles. The molecule has 5 heteroatoms. The zero-order valence-electron chi connectivity index (χ0n) is 13.2. The van der Waals surface area contributed by atoms with Crippen LogP contribution in [0.4, 0.5) is 10.1 Å². The molecule has 23 heavy (non-hydrogen) atoms. The minimum Gasteiger partial charge on any atom is -0.350 e. The van der Waals surface area contributed by atoms with E-state index in [1.807, 2.05) is 19.1 Å². The first-order valence-electron chi connectivity index (χ1n) is 7.36. The van der Waals surface area contributed by atoms with E-state index >= 15 is 0 Å². The molecule has 0 saturated heterocycles. The van der Waals surface area contributed by atoms with Crippen LogP contribution < -0.4 is 10.2 Å². The lowest BCUT2D eigenvalue weighted by atomic mass is 10.1. The smallest absolute Gasteiger partial charge is 0.251 e. The summed E-state index contributed by atoms with van der Waals surface area (Å²) in [4.78, 5) is 25.3. The normalized spacial score (nSPS) is 10.2. The number of hydrogen-bond donors (Lipinski definition) is 1. The van der Waals surface area contributed by atoms with Crippen LogP contribution in [0, 0.1) is 12.7 Å². The summed E-state index contributed by atoms with van der Waals surface area (Å²) in [6.07, 6.45) is 0. The fourth-order valence-electron chi connectivity index (χ4n) is 2.32. The Bertz CT molecular complexity index is 716. The molecule has 0 heterocycles. The first kappa shape index (κ1) is 16.7. The third kappa shape index (κ3) is 4.39. The van der Waals surface area contributed by atoms with Gasteiger partial charge in [0.25, 0.3) is 5.91 Å². The van der Waals surface area contributed by atoms with Crippen molar-refractivity contribution < 1.29 is 14.0 Å². The second-order valence-electron chi connectivity index (χ2n) is 5.22. The fourth-order valence-corrected chi connectivity index (χ4v) is 2.32. The number of amides is 2. The molecule has 0 spiro atoms. The van der Waals surface area contributed by atoms with Gasteiger partial charge in [0.05, 0.1) is 0 Å². The predicted molar refractivity (Wildman–Crippen MR) is 87.9 cm³/mol. The van der Waals surface area contributed by atoms with Crippen LogP contribution in [0.3, 0.4) is 0 Å². The Labute approximate surface area is 134 Å². The second-order valence-corrected chi connectivity index (χ2v) is 5.22. The zero-order chi connectivity index (χ0) is 16.8. The number of anilines is 1. The molecule has 0 unspecified atom stereocenters. The van der Waals surface area contributed by atoms with E-state index < -0.39 is 5.82 Å². The summed E-state index contributed by atoms with van der Waals surface area (Å²) in [6.45, 7) is 3.83. The summed E-state index contributed by atoms with van der Waals surface area (Å²) in [7, 11) is 0. The molecule has 0 aliphatic rings. The van der Waals surface area contributed by atoms with E-state index in [-0.39, 0.29) is 24.9 Å². The fraction of sp³-hybridized carbons (Fsp3) is 0.222. The van der Waals surface area contributed by atoms with Crippen molar-refractivity contribution in [3.8, 4) is 0 Å². The van der Waals surface area contributed by atoms with Gasteiger partial charge in [-0.05, 0) is 36.8 Å². The van der Waals surface area contributed by atoms with Crippen LogP contribution in [0.2, 0.25) is 0 Å². The minimum absolute atomic E-state index is 0.189. The quantitative estimate of drug-likeness (QED) is 0.922. The van der Waals surface area contributed by atoms with Gasteiger partial charge in [-0.15, -0.1) is 0 Å². The largest absolute Gasteiger partial charge is 0.350 e. The Morgan fingerprint density at radius 2 is 1.87 bits per heavy atom. The molecule has 2 aromatic carbocycles. The minimum atomic E-state index is -0.405. The van der Waals surface area contributed by atoms with Crippen LogP contribution >= 0.6 is 0 Å². The van der Waals surface area contributed by atoms with Gasteiger partial charge < -0.3 is 10.2 Å². The molecule has 0 fully saturated rings. The standard InChI is InChI=1S/C18H19FN2O2/c1-13-6-3-4-9-17(13)18(23)20-10-11-21(14(2)22)16-8-5-7-15(19)12-16/h3-9,12H,10-11H2,1-2H3,(H,20,23). The molecule has 0 radical (unpaired) electrons. The highest BCUT2D eigenvalue weighted by molar-refractivity contribution is 5.96. The summed E-state index contributed by atoms with van der Waals surface area (Å²) in [5, 5.41) is 2.78. The average Bonchev–Trinajstić information content (AvgIpc) is 2.51. The van der Waals surface area contributed by atoms with Crippen molar-refractivity contribution in [2.75, 3.05) is 18.0 Å². The Kier molecular flexibility index (Phi) is 5.46. The number of rotatable bonds is 5. The SMILES string of the molecule is CC(=O)N(CCNC(=O)c1ccccc1C)c1cccc(F)c1. The highest BCUT2D eigenvalue weighted by Crippen LogP contribution is 2.15. The van der Waals surface area contributed by atoms with Crippen molar-refractivity contribution >= 4 is 17.5 Å². The summed E-state index contributed by atoms with van der Waals surface area (Å²) < 4.78 is 13.3. The van der Waals surface area contributed by atoms with Gasteiger partial charge in [-0.2, -0.15) is 0 Å². The van der Waals surface area contributed by atoms with Gasteiger partial charge >= 0.3 is 0 Å². The van der Waals surface area contributed by atoms with E-state index in [2.05, 4.69) is 5.32 Å². The van der Waals surface area contributed by atoms with Gasteiger partial charge in [0.1, 0.15) is 5.82 Å². The number of nitrogens with one attached hydrogen (secondary N) is 1. The van der Waals surface area contributed by atoms with Gasteiger partial charge in [0.15, 0.2) is 0 Å². The van der Waals surface area contributed by atoms with Crippen molar-refractivity contribution in [1.29, 1.82) is 0 Å². The van der Waals surface area contributed by atoms with Gasteiger partial charge in [0, 0.05) is 31.3 Å². The molecule has 1 N–H and O–H groups in total. The first-order chi connectivity index (χ1) is 11.0. The van der Waals surface area contributed by atoms with Gasteiger partial charge in [0.2, 0.25) is 5.91 Å². The highest BCUT2D eigenvalue weighted by atomic mass is 19.1. The van der Waals surface area contributed by atoms with Gasteiger partial charge in [-0.25, -0.2) is 4.39 Å². The highest BCUT2D eigenvalue weighted by Gasteiger charge is 2.13. The molecule has 0 bridgehead atoms. The molecule has 0 aromatic heterocycles. The van der Waals surface area contributed by atoms with Gasteiger partial charge in [-0.3, -0.25) is 9.59 Å². The van der Waals surface area contributed by atoms with E-state index in [1.54, 1.807) is 24.3 Å². The molecule has 0 aliphatic heterocycles. The molecule has 2 rings (SSSR count). The summed E-state index contributed by atoms with van der Waals surface area (Å²) >= 11 is 0. The Balaban J connectivity index is 1.99. The number of nitrogens with zero attached hydrogens (tertiary/aromatic N) is 1. The van der Waals surface area contributed by atoms with E-state index in [1.165, 1.54) is 24.0 Å². The van der Waals surface area contributed by atoms with E-state index in [0.717, 1.165) is 5.56 Å². The zero-order valence-corrected chi connectivity index (χ0v) is 13.2. The van der Waals surface area contributed by atoms with Crippen LogP contribution in [0.25, 0.3) is 0 Å². The van der Waals surface area contributed by atoms with Gasteiger partial charge in [-0.1, -0.05) is 24.3 Å². The predicted octanol–water partition coefficient (Wildman–Crippen LogP) is 2.92. The summed E-state index contributed by atoms with van der Waals surface area (Å²) in [5.74, 6) is -0.802. The lowest BCUT2D eigenvalue weighted by Crippen LogP contribution is -2.37. The number of hydrogen-bond acceptors (Lipinski definition) is 2. The van der Waals surface area contributed by atoms with E-state index in [9.17, 15) is 14.0 Å². The lowest BCUT2D eigenvalue weighted by molar-refractivity contribution is -0.116. The molecule has 4 nitrogen and oxygen atoms in total. The monoisotopic (exact) mass is 314 g/mol. The lowest BCUT2D eigenvalue weighted by Gasteiger charge is -2.21. The maximum atomic E-state index is 13.3. The van der Waals surface area contributed by atoms with E-state index in [4.69, 9.17) is 0 Å². The van der Waals surface area contributed by atoms with Crippen molar-refractivity contribution in [3.05, 3.63) is 65.5 Å². The van der Waals surface area contributed by atoms with E-state index in [0.29, 0.717) is 11.3 Å². The third-order valence-corrected chi connectivity index (χ3v) is 3.51. The van der Waals surface area contributed by atoms with Crippen LogP contribution in [-0.4, -0.2) is 24.9 Å². The third-order valence-electron chi connectivity index (χ3n) is 3.51. The maximum Gasteiger partial charge on any atom is 0.251 e. The molecule has 2 aromatic rings. The average molecular weight is 314 g/mol. The Morgan fingerprint density at radius 1 is 1.13 bits per heavy atom. The molecule has 2 amide bonds. The number of carbonyl (C=O) groups excluding carboxylic acids is 2. The van der Waals surface area contributed by atoms with Crippen LogP contribution in [-0.2, 0) is 4.79 Å². The molecule has 120 valence electrons. The Morgan fingerprint density at radius 3 is 2.52 bits per heavy atom. The number of aryl methyl sites for hydroxylation is 1. The number of benzene rings is 2. The molecule has 0 atom stereocenters. The van der Waals surface area contributed by atoms with Crippen LogP contribution in [0.1, 0.15) is 22.8 Å². The van der Waals surface area contributed by atoms with Crippen LogP contribution in [0.5, 0.6) is 0 Å². The first-order valence-corrected chi connectivity index (χ1v) is 7.36. The Hall–Kier alpha value is -2.69. The summed E-state index contributed by atoms with van der Waals surface area (Å²) in [6, 6.07) is 13.1. The van der Waals surface area contributed by atoms with Crippen LogP contribution in [0.15, 0.2) is 48.5 Å². The molecule has 0 aliphatic carbocycles. The summed E-state index contributed by atoms with van der Waals surface area (Å²) in [5.41, 5.74) is 1.97. The van der Waals surface area contributed by atoms with Crippen molar-refractivity contribution in [3.63, 3.8) is 0 Å².